The summed E-state index contributed by atoms with van der Waals surface area (Å²) in [4.78, 5) is 0. The molecule has 11 rings (SSSR count). The maximum atomic E-state index is 2.47. The number of aromatic nitrogens is 2. The van der Waals surface area contributed by atoms with Crippen LogP contribution < -0.4 is 0 Å². The molecule has 2 heteroatoms. The van der Waals surface area contributed by atoms with Crippen molar-refractivity contribution in [2.45, 2.75) is 5.41 Å². The van der Waals surface area contributed by atoms with Crippen molar-refractivity contribution in [3.63, 3.8) is 0 Å². The fraction of sp³-hybridized carbons (Fsp3) is 0.0182. The molecule has 2 heterocycles. The fourth-order valence-corrected chi connectivity index (χ4v) is 9.44. The normalized spacial score (nSPS) is 11.9. The highest BCUT2D eigenvalue weighted by molar-refractivity contribution is 6.13. The molecule has 0 unspecified atom stereocenters. The zero-order valence-electron chi connectivity index (χ0n) is 31.3. The van der Waals surface area contributed by atoms with Gasteiger partial charge >= 0.3 is 0 Å². The van der Waals surface area contributed by atoms with Crippen molar-refractivity contribution in [2.75, 3.05) is 0 Å². The molecule has 0 amide bonds. The van der Waals surface area contributed by atoms with Crippen LogP contribution in [0, 0.1) is 0 Å². The van der Waals surface area contributed by atoms with E-state index < -0.39 is 5.41 Å². The summed E-state index contributed by atoms with van der Waals surface area (Å²) in [5.41, 5.74) is 13.7. The van der Waals surface area contributed by atoms with Crippen molar-refractivity contribution in [1.82, 2.24) is 9.13 Å². The van der Waals surface area contributed by atoms with Crippen LogP contribution in [0.1, 0.15) is 22.3 Å². The minimum absolute atomic E-state index is 0.571. The molecule has 2 aromatic heterocycles. The number of fused-ring (bicyclic) bond motifs is 6. The first-order valence-electron chi connectivity index (χ1n) is 19.7. The van der Waals surface area contributed by atoms with Crippen molar-refractivity contribution in [3.05, 3.63) is 253 Å². The molecule has 0 saturated carbocycles. The largest absolute Gasteiger partial charge is 0.309 e. The maximum absolute atomic E-state index is 2.47. The van der Waals surface area contributed by atoms with Gasteiger partial charge in [-0.05, 0) is 76.3 Å². The van der Waals surface area contributed by atoms with Gasteiger partial charge in [-0.2, -0.15) is 0 Å². The lowest BCUT2D eigenvalue weighted by atomic mass is 9.65. The maximum Gasteiger partial charge on any atom is 0.0701 e. The fourth-order valence-electron chi connectivity index (χ4n) is 9.44. The van der Waals surface area contributed by atoms with E-state index >= 15 is 0 Å². The SMILES string of the molecule is c1ccc(-c2ccccc2-n2c3ccc(-n4c5ccccc5c5ccccc54)cc3c3cc(C(c4ccccc4)(c4ccccc4)c4ccccc4)ccc32)cc1. The Balaban J connectivity index is 1.26. The third kappa shape index (κ3) is 5.11. The van der Waals surface area contributed by atoms with Gasteiger partial charge in [0.15, 0.2) is 0 Å². The van der Waals surface area contributed by atoms with Crippen LogP contribution in [0.4, 0.5) is 0 Å². The Bertz CT molecular complexity index is 3060. The van der Waals surface area contributed by atoms with Crippen molar-refractivity contribution in [1.29, 1.82) is 0 Å². The second-order valence-electron chi connectivity index (χ2n) is 14.9. The van der Waals surface area contributed by atoms with Gasteiger partial charge in [0.05, 0.1) is 33.2 Å². The van der Waals surface area contributed by atoms with E-state index in [2.05, 4.69) is 240 Å². The van der Waals surface area contributed by atoms with Gasteiger partial charge in [-0.1, -0.05) is 182 Å². The van der Waals surface area contributed by atoms with E-state index in [0.717, 1.165) is 11.4 Å². The molecule has 0 aliphatic carbocycles. The van der Waals surface area contributed by atoms with Gasteiger partial charge in [-0.15, -0.1) is 0 Å². The number of hydrogen-bond donors (Lipinski definition) is 0. The molecule has 0 aliphatic rings. The van der Waals surface area contributed by atoms with E-state index in [1.807, 2.05) is 0 Å². The predicted octanol–water partition coefficient (Wildman–Crippen LogP) is 13.9. The van der Waals surface area contributed by atoms with Crippen molar-refractivity contribution < 1.29 is 0 Å². The highest BCUT2D eigenvalue weighted by Crippen LogP contribution is 2.47. The highest BCUT2D eigenvalue weighted by Gasteiger charge is 2.38. The molecule has 0 fully saturated rings. The first-order valence-corrected chi connectivity index (χ1v) is 19.7. The second-order valence-corrected chi connectivity index (χ2v) is 14.9. The number of rotatable bonds is 7. The molecule has 0 spiro atoms. The van der Waals surface area contributed by atoms with Gasteiger partial charge in [-0.25, -0.2) is 0 Å². The summed E-state index contributed by atoms with van der Waals surface area (Å²) < 4.78 is 4.90. The number of nitrogens with zero attached hydrogens (tertiary/aromatic N) is 2. The molecule has 0 atom stereocenters. The van der Waals surface area contributed by atoms with Crippen LogP contribution >= 0.6 is 0 Å². The lowest BCUT2D eigenvalue weighted by molar-refractivity contribution is 0.746. The molecule has 57 heavy (non-hydrogen) atoms. The van der Waals surface area contributed by atoms with Crippen LogP contribution in [0.5, 0.6) is 0 Å². The number of hydrogen-bond acceptors (Lipinski definition) is 0. The summed E-state index contributed by atoms with van der Waals surface area (Å²) in [5.74, 6) is 0. The van der Waals surface area contributed by atoms with Gasteiger partial charge in [0, 0.05) is 32.8 Å². The first-order chi connectivity index (χ1) is 28.3. The molecule has 0 aliphatic heterocycles. The van der Waals surface area contributed by atoms with Gasteiger partial charge < -0.3 is 9.13 Å². The summed E-state index contributed by atoms with van der Waals surface area (Å²) in [6, 6.07) is 84.3. The molecule has 2 nitrogen and oxygen atoms in total. The summed E-state index contributed by atoms with van der Waals surface area (Å²) in [6.07, 6.45) is 0. The van der Waals surface area contributed by atoms with Gasteiger partial charge in [0.2, 0.25) is 0 Å². The molecule has 0 N–H and O–H groups in total. The number of para-hydroxylation sites is 3. The standard InChI is InChI=1S/C55H38N2/c1-5-19-39(20-6-1)45-27-13-16-30-50(45)57-53-35-33-43(55(40-21-7-2-8-22-40,41-23-9-3-10-24-41)42-25-11-4-12-26-42)37-48(53)49-38-44(34-36-54(49)57)56-51-31-17-14-28-46(51)47-29-15-18-32-52(47)56/h1-38H. The molecule has 11 aromatic rings. The van der Waals surface area contributed by atoms with Crippen molar-refractivity contribution >= 4 is 43.6 Å². The van der Waals surface area contributed by atoms with Gasteiger partial charge in [-0.3, -0.25) is 0 Å². The second kappa shape index (κ2) is 13.4. The van der Waals surface area contributed by atoms with Crippen LogP contribution in [-0.2, 0) is 5.41 Å². The third-order valence-corrected chi connectivity index (χ3v) is 11.9. The lowest BCUT2D eigenvalue weighted by Gasteiger charge is -2.37. The molecule has 0 saturated heterocycles. The molecular formula is C55H38N2. The minimum Gasteiger partial charge on any atom is -0.309 e. The van der Waals surface area contributed by atoms with Crippen molar-refractivity contribution in [3.8, 4) is 22.5 Å². The molecule has 0 bridgehead atoms. The summed E-state index contributed by atoms with van der Waals surface area (Å²) in [7, 11) is 0. The lowest BCUT2D eigenvalue weighted by Crippen LogP contribution is -2.30. The van der Waals surface area contributed by atoms with Crippen LogP contribution in [0.15, 0.2) is 231 Å². The van der Waals surface area contributed by atoms with E-state index in [4.69, 9.17) is 0 Å². The number of benzene rings is 9. The minimum atomic E-state index is -0.571. The topological polar surface area (TPSA) is 9.86 Å². The zero-order chi connectivity index (χ0) is 37.8. The van der Waals surface area contributed by atoms with E-state index in [9.17, 15) is 0 Å². The third-order valence-electron chi connectivity index (χ3n) is 11.9. The van der Waals surface area contributed by atoms with Crippen LogP contribution in [-0.4, -0.2) is 9.13 Å². The van der Waals surface area contributed by atoms with E-state index in [1.165, 1.54) is 77.0 Å². The van der Waals surface area contributed by atoms with E-state index in [1.54, 1.807) is 0 Å². The zero-order valence-corrected chi connectivity index (χ0v) is 31.3. The summed E-state index contributed by atoms with van der Waals surface area (Å²) in [5, 5.41) is 4.93. The van der Waals surface area contributed by atoms with Crippen molar-refractivity contribution in [2.24, 2.45) is 0 Å². The van der Waals surface area contributed by atoms with E-state index in [-0.39, 0.29) is 0 Å². The van der Waals surface area contributed by atoms with E-state index in [0.29, 0.717) is 0 Å². The Morgan fingerprint density at radius 1 is 0.281 bits per heavy atom. The Hall–Kier alpha value is -7.42. The molecule has 9 aromatic carbocycles. The molecule has 0 radical (unpaired) electrons. The molecule has 268 valence electrons. The predicted molar refractivity (Wildman–Crippen MR) is 239 cm³/mol. The highest BCUT2D eigenvalue weighted by atomic mass is 15.0. The smallest absolute Gasteiger partial charge is 0.0701 e. The molecular weight excluding hydrogens is 689 g/mol. The Labute approximate surface area is 332 Å². The summed E-state index contributed by atoms with van der Waals surface area (Å²) in [6.45, 7) is 0. The van der Waals surface area contributed by atoms with Crippen LogP contribution in [0.25, 0.3) is 66.1 Å². The summed E-state index contributed by atoms with van der Waals surface area (Å²) >= 11 is 0. The first kappa shape index (κ1) is 33.0. The monoisotopic (exact) mass is 726 g/mol. The Morgan fingerprint density at radius 2 is 0.719 bits per heavy atom. The Kier molecular flexibility index (Phi) is 7.75. The quantitative estimate of drug-likeness (QED) is 0.145. The Morgan fingerprint density at radius 3 is 1.30 bits per heavy atom. The van der Waals surface area contributed by atoms with Crippen LogP contribution in [0.2, 0.25) is 0 Å². The average molecular weight is 727 g/mol. The average Bonchev–Trinajstić information content (AvgIpc) is 3.80. The van der Waals surface area contributed by atoms with Gasteiger partial charge in [0.1, 0.15) is 0 Å². The van der Waals surface area contributed by atoms with Gasteiger partial charge in [0.25, 0.3) is 0 Å². The van der Waals surface area contributed by atoms with Crippen LogP contribution in [0.3, 0.4) is 0 Å².